The molecule has 7 heteroatoms. The van der Waals surface area contributed by atoms with Crippen LogP contribution in [0.25, 0.3) is 11.0 Å². The summed E-state index contributed by atoms with van der Waals surface area (Å²) in [4.78, 5) is 24.2. The maximum atomic E-state index is 13.0. The van der Waals surface area contributed by atoms with Gasteiger partial charge in [0.25, 0.3) is 5.91 Å². The van der Waals surface area contributed by atoms with E-state index in [2.05, 4.69) is 5.32 Å². The van der Waals surface area contributed by atoms with E-state index in [0.717, 1.165) is 17.5 Å². The molecule has 3 rings (SSSR count). The number of hydrogen-bond acceptors (Lipinski definition) is 4. The van der Waals surface area contributed by atoms with Crippen molar-refractivity contribution >= 4 is 40.1 Å². The van der Waals surface area contributed by atoms with Crippen molar-refractivity contribution in [2.75, 3.05) is 5.32 Å². The van der Waals surface area contributed by atoms with Crippen LogP contribution in [0.15, 0.2) is 52.9 Å². The maximum absolute atomic E-state index is 13.0. The van der Waals surface area contributed by atoms with Gasteiger partial charge in [0.15, 0.2) is 6.10 Å². The normalized spacial score (nSPS) is 12.0. The van der Waals surface area contributed by atoms with Crippen molar-refractivity contribution in [1.29, 1.82) is 0 Å². The molecule has 0 fully saturated rings. The van der Waals surface area contributed by atoms with Crippen LogP contribution in [0.4, 0.5) is 10.1 Å². The molecule has 3 aromatic rings. The second-order valence-corrected chi connectivity index (χ2v) is 5.72. The summed E-state index contributed by atoms with van der Waals surface area (Å²) in [5.41, 5.74) is 0.768. The van der Waals surface area contributed by atoms with E-state index in [1.807, 2.05) is 6.07 Å². The SMILES string of the molecule is CC(OC(=O)c1cc2ccccc2o1)C(=O)Nc1ccc(F)cc1Cl. The van der Waals surface area contributed by atoms with E-state index in [1.165, 1.54) is 13.0 Å². The molecule has 0 bridgehead atoms. The van der Waals surface area contributed by atoms with E-state index in [4.69, 9.17) is 20.8 Å². The topological polar surface area (TPSA) is 68.5 Å². The summed E-state index contributed by atoms with van der Waals surface area (Å²) in [6, 6.07) is 12.2. The number of furan rings is 1. The third-order valence-corrected chi connectivity index (χ3v) is 3.78. The quantitative estimate of drug-likeness (QED) is 0.699. The number of fused-ring (bicyclic) bond motifs is 1. The molecule has 1 amide bonds. The number of carbonyl (C=O) groups is 2. The highest BCUT2D eigenvalue weighted by Gasteiger charge is 2.22. The van der Waals surface area contributed by atoms with Crippen LogP contribution in [0.3, 0.4) is 0 Å². The summed E-state index contributed by atoms with van der Waals surface area (Å²) in [6.45, 7) is 1.41. The van der Waals surface area contributed by atoms with Crippen LogP contribution in [0.1, 0.15) is 17.5 Å². The summed E-state index contributed by atoms with van der Waals surface area (Å²) in [6.07, 6.45) is -1.10. The van der Waals surface area contributed by atoms with Gasteiger partial charge in [0.05, 0.1) is 10.7 Å². The number of amides is 1. The van der Waals surface area contributed by atoms with Crippen molar-refractivity contribution in [3.8, 4) is 0 Å². The van der Waals surface area contributed by atoms with Gasteiger partial charge in [-0.2, -0.15) is 0 Å². The molecule has 25 heavy (non-hydrogen) atoms. The molecule has 1 aromatic heterocycles. The van der Waals surface area contributed by atoms with Crippen LogP contribution >= 0.6 is 11.6 Å². The number of rotatable bonds is 4. The molecule has 0 aliphatic heterocycles. The van der Waals surface area contributed by atoms with Crippen LogP contribution in [-0.2, 0) is 9.53 Å². The number of halogens is 2. The zero-order chi connectivity index (χ0) is 18.0. The first-order chi connectivity index (χ1) is 11.9. The van der Waals surface area contributed by atoms with E-state index < -0.39 is 23.8 Å². The Kier molecular flexibility index (Phi) is 4.72. The number of benzene rings is 2. The van der Waals surface area contributed by atoms with Gasteiger partial charge in [0, 0.05) is 5.39 Å². The molecule has 1 atom stereocenters. The van der Waals surface area contributed by atoms with Gasteiger partial charge in [-0.3, -0.25) is 4.79 Å². The summed E-state index contributed by atoms with van der Waals surface area (Å²) in [5.74, 6) is -1.88. The van der Waals surface area contributed by atoms with Gasteiger partial charge in [-0.1, -0.05) is 29.8 Å². The summed E-state index contributed by atoms with van der Waals surface area (Å²) in [5, 5.41) is 3.28. The second kappa shape index (κ2) is 6.94. The van der Waals surface area contributed by atoms with E-state index >= 15 is 0 Å². The van der Waals surface area contributed by atoms with Crippen molar-refractivity contribution in [2.24, 2.45) is 0 Å². The Balaban J connectivity index is 1.67. The van der Waals surface area contributed by atoms with E-state index in [-0.39, 0.29) is 16.5 Å². The first-order valence-corrected chi connectivity index (χ1v) is 7.77. The van der Waals surface area contributed by atoms with Crippen molar-refractivity contribution in [3.05, 3.63) is 65.1 Å². The van der Waals surface area contributed by atoms with Crippen LogP contribution in [0.2, 0.25) is 5.02 Å². The average Bonchev–Trinajstić information content (AvgIpc) is 3.01. The molecule has 0 aliphatic carbocycles. The lowest BCUT2D eigenvalue weighted by atomic mass is 10.2. The van der Waals surface area contributed by atoms with Crippen LogP contribution < -0.4 is 5.32 Å². The number of nitrogens with one attached hydrogen (secondary N) is 1. The average molecular weight is 362 g/mol. The Bertz CT molecular complexity index is 920. The minimum absolute atomic E-state index is 0.000615. The highest BCUT2D eigenvalue weighted by atomic mass is 35.5. The Morgan fingerprint density at radius 3 is 2.68 bits per heavy atom. The van der Waals surface area contributed by atoms with Crippen molar-refractivity contribution in [1.82, 2.24) is 0 Å². The number of ether oxygens (including phenoxy) is 1. The molecule has 128 valence electrons. The van der Waals surface area contributed by atoms with Crippen molar-refractivity contribution in [2.45, 2.75) is 13.0 Å². The molecule has 0 spiro atoms. The van der Waals surface area contributed by atoms with Gasteiger partial charge in [-0.15, -0.1) is 0 Å². The molecule has 0 radical (unpaired) electrons. The largest absolute Gasteiger partial charge is 0.449 e. The molecule has 5 nitrogen and oxygen atoms in total. The number of carbonyl (C=O) groups excluding carboxylic acids is 2. The third kappa shape index (κ3) is 3.80. The Hall–Kier alpha value is -2.86. The summed E-state index contributed by atoms with van der Waals surface area (Å²) >= 11 is 5.85. The van der Waals surface area contributed by atoms with Crippen LogP contribution in [-0.4, -0.2) is 18.0 Å². The molecule has 1 N–H and O–H groups in total. The Labute approximate surface area is 147 Å². The molecule has 0 aliphatic rings. The smallest absolute Gasteiger partial charge is 0.375 e. The molecule has 1 heterocycles. The Morgan fingerprint density at radius 2 is 1.96 bits per heavy atom. The number of esters is 1. The first kappa shape index (κ1) is 17.0. The van der Waals surface area contributed by atoms with Crippen molar-refractivity contribution < 1.29 is 23.1 Å². The number of hydrogen-bond donors (Lipinski definition) is 1. The lowest BCUT2D eigenvalue weighted by Gasteiger charge is -2.13. The molecule has 2 aromatic carbocycles. The maximum Gasteiger partial charge on any atom is 0.375 e. The monoisotopic (exact) mass is 361 g/mol. The number of anilines is 1. The zero-order valence-corrected chi connectivity index (χ0v) is 13.8. The van der Waals surface area contributed by atoms with Gasteiger partial charge in [0.1, 0.15) is 11.4 Å². The fourth-order valence-corrected chi connectivity index (χ4v) is 2.39. The highest BCUT2D eigenvalue weighted by Crippen LogP contribution is 2.23. The zero-order valence-electron chi connectivity index (χ0n) is 13.1. The lowest BCUT2D eigenvalue weighted by molar-refractivity contribution is -0.123. The van der Waals surface area contributed by atoms with Gasteiger partial charge >= 0.3 is 5.97 Å². The van der Waals surface area contributed by atoms with Crippen LogP contribution in [0.5, 0.6) is 0 Å². The molecular weight excluding hydrogens is 349 g/mol. The minimum atomic E-state index is -1.10. The highest BCUT2D eigenvalue weighted by molar-refractivity contribution is 6.33. The summed E-state index contributed by atoms with van der Waals surface area (Å²) < 4.78 is 23.5. The van der Waals surface area contributed by atoms with E-state index in [0.29, 0.717) is 5.58 Å². The molecular formula is C18H13ClFNO4. The Morgan fingerprint density at radius 1 is 1.20 bits per heavy atom. The lowest BCUT2D eigenvalue weighted by Crippen LogP contribution is -2.30. The van der Waals surface area contributed by atoms with Gasteiger partial charge in [-0.25, -0.2) is 9.18 Å². The standard InChI is InChI=1S/C18H13ClFNO4/c1-10(17(22)21-14-7-6-12(20)9-13(14)19)24-18(23)16-8-11-4-2-3-5-15(11)25-16/h2-10H,1H3,(H,21,22). The van der Waals surface area contributed by atoms with Gasteiger partial charge in [0.2, 0.25) is 5.76 Å². The predicted molar refractivity (Wildman–Crippen MR) is 91.1 cm³/mol. The predicted octanol–water partition coefficient (Wildman–Crippen LogP) is 4.41. The molecule has 0 saturated carbocycles. The fraction of sp³-hybridized carbons (Fsp3) is 0.111. The van der Waals surface area contributed by atoms with E-state index in [1.54, 1.807) is 24.3 Å². The minimum Gasteiger partial charge on any atom is -0.449 e. The third-order valence-electron chi connectivity index (χ3n) is 3.47. The molecule has 0 saturated heterocycles. The van der Waals surface area contributed by atoms with Gasteiger partial charge < -0.3 is 14.5 Å². The summed E-state index contributed by atoms with van der Waals surface area (Å²) in [7, 11) is 0. The molecule has 1 unspecified atom stereocenters. The first-order valence-electron chi connectivity index (χ1n) is 7.39. The number of para-hydroxylation sites is 1. The van der Waals surface area contributed by atoms with E-state index in [9.17, 15) is 14.0 Å². The van der Waals surface area contributed by atoms with Crippen molar-refractivity contribution in [3.63, 3.8) is 0 Å². The fourth-order valence-electron chi connectivity index (χ4n) is 2.18. The second-order valence-electron chi connectivity index (χ2n) is 5.31. The van der Waals surface area contributed by atoms with Crippen LogP contribution in [0, 0.1) is 5.82 Å². The van der Waals surface area contributed by atoms with Gasteiger partial charge in [-0.05, 0) is 37.3 Å².